The van der Waals surface area contributed by atoms with Gasteiger partial charge in [-0.05, 0) is 30.7 Å². The third kappa shape index (κ3) is 4.95. The second-order valence-corrected chi connectivity index (χ2v) is 7.87. The number of fused-ring (bicyclic) bond motifs is 1. The Bertz CT molecular complexity index is 1190. The number of benzene rings is 1. The predicted molar refractivity (Wildman–Crippen MR) is 118 cm³/mol. The number of ether oxygens (including phenoxy) is 1. The van der Waals surface area contributed by atoms with Crippen molar-refractivity contribution in [3.63, 3.8) is 0 Å². The lowest BCUT2D eigenvalue weighted by molar-refractivity contribution is -0.137. The van der Waals surface area contributed by atoms with E-state index in [1.165, 1.54) is 6.08 Å². The van der Waals surface area contributed by atoms with Crippen LogP contribution in [0, 0.1) is 16.7 Å². The Hall–Kier alpha value is -3.99. The van der Waals surface area contributed by atoms with Gasteiger partial charge in [-0.1, -0.05) is 32.9 Å². The van der Waals surface area contributed by atoms with Gasteiger partial charge in [0.25, 0.3) is 0 Å². The van der Waals surface area contributed by atoms with Crippen LogP contribution in [-0.4, -0.2) is 33.3 Å². The summed E-state index contributed by atoms with van der Waals surface area (Å²) in [7, 11) is 0. The summed E-state index contributed by atoms with van der Waals surface area (Å²) in [5, 5.41) is 12.3. The largest absolute Gasteiger partial charge is 0.462 e. The van der Waals surface area contributed by atoms with Crippen LogP contribution in [0.15, 0.2) is 42.2 Å². The van der Waals surface area contributed by atoms with Gasteiger partial charge in [-0.2, -0.15) is 5.26 Å². The van der Waals surface area contributed by atoms with Crippen molar-refractivity contribution >= 4 is 40.5 Å². The van der Waals surface area contributed by atoms with E-state index in [1.54, 1.807) is 43.6 Å². The highest BCUT2D eigenvalue weighted by Crippen LogP contribution is 2.26. The monoisotopic (exact) mass is 417 g/mol. The fraction of sp³-hybridized carbons (Fsp3) is 0.261. The quantitative estimate of drug-likeness (QED) is 0.264. The Labute approximate surface area is 180 Å². The highest BCUT2D eigenvalue weighted by Gasteiger charge is 2.26. The van der Waals surface area contributed by atoms with Crippen molar-refractivity contribution in [2.24, 2.45) is 5.41 Å². The molecule has 1 aromatic carbocycles. The standard InChI is InChI=1S/C23H23N5O3/c1-5-31-22(30)15(11-24)10-14-6-8-16(9-7-14)27-18-13-26-21-19(28-18)17(12-25-21)20(29)23(2,3)4/h6-10,12-13H,5H2,1-4H3,(H,25,26)(H,27,28). The first kappa shape index (κ1) is 21.7. The first-order valence-electron chi connectivity index (χ1n) is 9.78. The van der Waals surface area contributed by atoms with Crippen LogP contribution in [0.1, 0.15) is 43.6 Å². The molecule has 8 heteroatoms. The molecule has 3 rings (SSSR count). The van der Waals surface area contributed by atoms with Crippen LogP contribution < -0.4 is 5.32 Å². The number of carbonyl (C=O) groups excluding carboxylic acids is 2. The van der Waals surface area contributed by atoms with E-state index in [1.807, 2.05) is 26.8 Å². The molecule has 158 valence electrons. The van der Waals surface area contributed by atoms with Gasteiger partial charge in [0.05, 0.1) is 18.4 Å². The topological polar surface area (TPSA) is 121 Å². The van der Waals surface area contributed by atoms with Crippen molar-refractivity contribution < 1.29 is 14.3 Å². The molecular weight excluding hydrogens is 394 g/mol. The highest BCUT2D eigenvalue weighted by molar-refractivity contribution is 6.08. The summed E-state index contributed by atoms with van der Waals surface area (Å²) in [6.07, 6.45) is 4.68. The molecule has 0 spiro atoms. The Morgan fingerprint density at radius 3 is 2.58 bits per heavy atom. The van der Waals surface area contributed by atoms with Crippen LogP contribution in [0.3, 0.4) is 0 Å². The van der Waals surface area contributed by atoms with Crippen LogP contribution in [-0.2, 0) is 9.53 Å². The second kappa shape index (κ2) is 8.79. The fourth-order valence-corrected chi connectivity index (χ4v) is 2.85. The van der Waals surface area contributed by atoms with Gasteiger partial charge in [0.2, 0.25) is 0 Å². The maximum absolute atomic E-state index is 12.7. The van der Waals surface area contributed by atoms with Crippen LogP contribution in [0.25, 0.3) is 17.2 Å². The summed E-state index contributed by atoms with van der Waals surface area (Å²) in [5.74, 6) is -0.179. The van der Waals surface area contributed by atoms with E-state index in [9.17, 15) is 9.59 Å². The molecule has 0 saturated carbocycles. The second-order valence-electron chi connectivity index (χ2n) is 7.87. The summed E-state index contributed by atoms with van der Waals surface area (Å²) >= 11 is 0. The number of nitriles is 1. The highest BCUT2D eigenvalue weighted by atomic mass is 16.5. The van der Waals surface area contributed by atoms with Crippen molar-refractivity contribution in [3.8, 4) is 6.07 Å². The molecule has 31 heavy (non-hydrogen) atoms. The molecule has 0 aliphatic carbocycles. The molecular formula is C23H23N5O3. The van der Waals surface area contributed by atoms with Crippen molar-refractivity contribution in [3.05, 3.63) is 53.4 Å². The van der Waals surface area contributed by atoms with Gasteiger partial charge in [0.1, 0.15) is 23.0 Å². The number of anilines is 2. The third-order valence-electron chi connectivity index (χ3n) is 4.42. The van der Waals surface area contributed by atoms with Gasteiger partial charge in [-0.15, -0.1) is 0 Å². The number of hydrogen-bond donors (Lipinski definition) is 2. The van der Waals surface area contributed by atoms with Crippen LogP contribution in [0.2, 0.25) is 0 Å². The number of ketones is 1. The molecule has 2 aromatic heterocycles. The normalized spacial score (nSPS) is 11.8. The number of nitrogens with zero attached hydrogens (tertiary/aromatic N) is 3. The minimum absolute atomic E-state index is 0.0174. The average Bonchev–Trinajstić information content (AvgIpc) is 3.15. The molecule has 0 aliphatic heterocycles. The fourth-order valence-electron chi connectivity index (χ4n) is 2.85. The summed E-state index contributed by atoms with van der Waals surface area (Å²) < 4.78 is 4.86. The Balaban J connectivity index is 1.82. The summed E-state index contributed by atoms with van der Waals surface area (Å²) in [4.78, 5) is 36.3. The molecule has 0 aliphatic rings. The molecule has 0 unspecified atom stereocenters. The lowest BCUT2D eigenvalue weighted by Crippen LogP contribution is -2.20. The van der Waals surface area contributed by atoms with Gasteiger partial charge in [0, 0.05) is 17.3 Å². The number of H-pyrrole nitrogens is 1. The predicted octanol–water partition coefficient (Wildman–Crippen LogP) is 4.40. The molecule has 0 fully saturated rings. The van der Waals surface area contributed by atoms with Crippen LogP contribution in [0.5, 0.6) is 0 Å². The SMILES string of the molecule is CCOC(=O)C(C#N)=Cc1ccc(Nc2cnc3[nH]cc(C(=O)C(C)(C)C)c3n2)cc1. The lowest BCUT2D eigenvalue weighted by atomic mass is 9.87. The van der Waals surface area contributed by atoms with Gasteiger partial charge in [-0.3, -0.25) is 4.79 Å². The zero-order valence-corrected chi connectivity index (χ0v) is 17.8. The first-order valence-corrected chi connectivity index (χ1v) is 9.78. The Kier molecular flexibility index (Phi) is 6.16. The molecule has 0 amide bonds. The Morgan fingerprint density at radius 2 is 1.97 bits per heavy atom. The van der Waals surface area contributed by atoms with E-state index in [2.05, 4.69) is 20.3 Å². The smallest absolute Gasteiger partial charge is 0.348 e. The summed E-state index contributed by atoms with van der Waals surface area (Å²) in [5.41, 5.74) is 2.37. The number of Topliss-reactive ketones (excluding diaryl/α,β-unsaturated/α-hetero) is 1. The molecule has 0 radical (unpaired) electrons. The minimum atomic E-state index is -0.650. The van der Waals surface area contributed by atoms with E-state index in [4.69, 9.17) is 10.00 Å². The summed E-state index contributed by atoms with van der Waals surface area (Å²) in [6.45, 7) is 7.47. The van der Waals surface area contributed by atoms with E-state index in [0.717, 1.165) is 5.69 Å². The first-order chi connectivity index (χ1) is 14.7. The molecule has 2 N–H and O–H groups in total. The number of esters is 1. The van der Waals surface area contributed by atoms with E-state index >= 15 is 0 Å². The van der Waals surface area contributed by atoms with Crippen LogP contribution >= 0.6 is 0 Å². The lowest BCUT2D eigenvalue weighted by Gasteiger charge is -2.15. The van der Waals surface area contributed by atoms with Gasteiger partial charge in [-0.25, -0.2) is 14.8 Å². The molecule has 3 aromatic rings. The average molecular weight is 417 g/mol. The minimum Gasteiger partial charge on any atom is -0.462 e. The molecule has 2 heterocycles. The molecule has 0 bridgehead atoms. The zero-order valence-electron chi connectivity index (χ0n) is 17.8. The number of aromatic nitrogens is 3. The number of hydrogen-bond acceptors (Lipinski definition) is 7. The number of carbonyl (C=O) groups is 2. The van der Waals surface area contributed by atoms with Gasteiger partial charge >= 0.3 is 5.97 Å². The van der Waals surface area contributed by atoms with Crippen LogP contribution in [0.4, 0.5) is 11.5 Å². The Morgan fingerprint density at radius 1 is 1.26 bits per heavy atom. The van der Waals surface area contributed by atoms with E-state index in [0.29, 0.717) is 28.1 Å². The van der Waals surface area contributed by atoms with E-state index < -0.39 is 11.4 Å². The molecule has 0 atom stereocenters. The van der Waals surface area contributed by atoms with Crippen molar-refractivity contribution in [1.29, 1.82) is 5.26 Å². The zero-order chi connectivity index (χ0) is 22.6. The maximum Gasteiger partial charge on any atom is 0.348 e. The van der Waals surface area contributed by atoms with Gasteiger partial charge in [0.15, 0.2) is 11.4 Å². The number of aromatic amines is 1. The maximum atomic E-state index is 12.7. The van der Waals surface area contributed by atoms with E-state index in [-0.39, 0.29) is 18.0 Å². The number of rotatable bonds is 6. The third-order valence-corrected chi connectivity index (χ3v) is 4.42. The van der Waals surface area contributed by atoms with Crippen molar-refractivity contribution in [2.45, 2.75) is 27.7 Å². The van der Waals surface area contributed by atoms with Crippen molar-refractivity contribution in [2.75, 3.05) is 11.9 Å². The van der Waals surface area contributed by atoms with Crippen molar-refractivity contribution in [1.82, 2.24) is 15.0 Å². The molecule has 8 nitrogen and oxygen atoms in total. The molecule has 0 saturated heterocycles. The summed E-state index contributed by atoms with van der Waals surface area (Å²) in [6, 6.07) is 8.95. The number of nitrogens with one attached hydrogen (secondary N) is 2. The van der Waals surface area contributed by atoms with Gasteiger partial charge < -0.3 is 15.0 Å².